The molecular formula is C9H12N2. The fourth-order valence-electron chi connectivity index (χ4n) is 1.06. The van der Waals surface area contributed by atoms with Gasteiger partial charge in [0, 0.05) is 0 Å². The van der Waals surface area contributed by atoms with Crippen molar-refractivity contribution >= 4 is 6.21 Å². The van der Waals surface area contributed by atoms with E-state index >= 15 is 0 Å². The van der Waals surface area contributed by atoms with E-state index in [1.54, 1.807) is 6.21 Å². The number of rotatable bonds is 2. The van der Waals surface area contributed by atoms with Crippen LogP contribution >= 0.6 is 0 Å². The van der Waals surface area contributed by atoms with Gasteiger partial charge >= 0.3 is 0 Å². The monoisotopic (exact) mass is 148 g/mol. The first-order chi connectivity index (χ1) is 5.38. The summed E-state index contributed by atoms with van der Waals surface area (Å²) in [7, 11) is 0. The summed E-state index contributed by atoms with van der Waals surface area (Å²) < 4.78 is 0. The zero-order valence-corrected chi connectivity index (χ0v) is 6.62. The molecule has 0 radical (unpaired) electrons. The standard InChI is InChI=1S/C9H12N2/c1-2-8-5-3-4-6-9(8)7-11-10/h3-7H,2,10H2,1H3. The van der Waals surface area contributed by atoms with Gasteiger partial charge in [-0.1, -0.05) is 31.2 Å². The van der Waals surface area contributed by atoms with E-state index in [9.17, 15) is 0 Å². The molecule has 0 aromatic heterocycles. The minimum atomic E-state index is 1.02. The van der Waals surface area contributed by atoms with Crippen molar-refractivity contribution in [2.45, 2.75) is 13.3 Å². The first-order valence-electron chi connectivity index (χ1n) is 3.69. The Kier molecular flexibility index (Phi) is 2.66. The average molecular weight is 148 g/mol. The van der Waals surface area contributed by atoms with E-state index in [2.05, 4.69) is 18.1 Å². The van der Waals surface area contributed by atoms with Crippen LogP contribution in [0.1, 0.15) is 18.1 Å². The molecule has 0 saturated heterocycles. The minimum absolute atomic E-state index is 1.02. The van der Waals surface area contributed by atoms with Crippen molar-refractivity contribution in [1.29, 1.82) is 0 Å². The van der Waals surface area contributed by atoms with Crippen molar-refractivity contribution in [3.8, 4) is 0 Å². The van der Waals surface area contributed by atoms with Crippen LogP contribution in [0.4, 0.5) is 0 Å². The maximum absolute atomic E-state index is 5.05. The molecule has 0 saturated carbocycles. The molecule has 0 heterocycles. The fraction of sp³-hybridized carbons (Fsp3) is 0.222. The summed E-state index contributed by atoms with van der Waals surface area (Å²) >= 11 is 0. The van der Waals surface area contributed by atoms with E-state index in [4.69, 9.17) is 5.84 Å². The third-order valence-electron chi connectivity index (χ3n) is 1.65. The zero-order valence-electron chi connectivity index (χ0n) is 6.62. The van der Waals surface area contributed by atoms with Gasteiger partial charge in [0.25, 0.3) is 0 Å². The lowest BCUT2D eigenvalue weighted by atomic mass is 10.1. The topological polar surface area (TPSA) is 38.4 Å². The second kappa shape index (κ2) is 3.76. The van der Waals surface area contributed by atoms with Crippen LogP contribution < -0.4 is 5.84 Å². The van der Waals surface area contributed by atoms with Crippen molar-refractivity contribution in [1.82, 2.24) is 0 Å². The Morgan fingerprint density at radius 2 is 2.18 bits per heavy atom. The van der Waals surface area contributed by atoms with Crippen LogP contribution in [0.2, 0.25) is 0 Å². The van der Waals surface area contributed by atoms with E-state index < -0.39 is 0 Å². The number of hydrogen-bond donors (Lipinski definition) is 1. The van der Waals surface area contributed by atoms with Gasteiger partial charge in [0.1, 0.15) is 0 Å². The molecule has 1 aromatic rings. The normalized spacial score (nSPS) is 10.6. The molecule has 11 heavy (non-hydrogen) atoms. The first kappa shape index (κ1) is 7.79. The molecule has 2 nitrogen and oxygen atoms in total. The number of nitrogens with two attached hydrogens (primary N) is 1. The molecule has 0 fully saturated rings. The van der Waals surface area contributed by atoms with Crippen molar-refractivity contribution in [2.24, 2.45) is 10.9 Å². The van der Waals surface area contributed by atoms with Crippen LogP contribution in [-0.4, -0.2) is 6.21 Å². The lowest BCUT2D eigenvalue weighted by Crippen LogP contribution is -1.92. The predicted molar refractivity (Wildman–Crippen MR) is 47.6 cm³/mol. The molecule has 0 spiro atoms. The maximum Gasteiger partial charge on any atom is 0.0540 e. The number of hydrogen-bond acceptors (Lipinski definition) is 2. The largest absolute Gasteiger partial charge is 0.323 e. The summed E-state index contributed by atoms with van der Waals surface area (Å²) in [6.07, 6.45) is 2.70. The summed E-state index contributed by atoms with van der Waals surface area (Å²) in [4.78, 5) is 0. The smallest absolute Gasteiger partial charge is 0.0540 e. The lowest BCUT2D eigenvalue weighted by Gasteiger charge is -1.99. The molecule has 0 aliphatic rings. The number of benzene rings is 1. The summed E-state index contributed by atoms with van der Waals surface area (Å²) in [6.45, 7) is 2.11. The second-order valence-electron chi connectivity index (χ2n) is 2.33. The van der Waals surface area contributed by atoms with Gasteiger partial charge in [0.2, 0.25) is 0 Å². The predicted octanol–water partition coefficient (Wildman–Crippen LogP) is 1.54. The van der Waals surface area contributed by atoms with Gasteiger partial charge in [-0.05, 0) is 17.5 Å². The molecule has 0 aliphatic heterocycles. The Bertz CT molecular complexity index is 253. The molecule has 0 amide bonds. The summed E-state index contributed by atoms with van der Waals surface area (Å²) in [5, 5.41) is 3.49. The van der Waals surface area contributed by atoms with Crippen LogP contribution in [-0.2, 0) is 6.42 Å². The molecule has 0 unspecified atom stereocenters. The van der Waals surface area contributed by atoms with Crippen LogP contribution in [0.15, 0.2) is 29.4 Å². The van der Waals surface area contributed by atoms with E-state index in [0.29, 0.717) is 0 Å². The Morgan fingerprint density at radius 3 is 2.82 bits per heavy atom. The minimum Gasteiger partial charge on any atom is -0.323 e. The van der Waals surface area contributed by atoms with Crippen LogP contribution in [0.5, 0.6) is 0 Å². The molecule has 1 aromatic carbocycles. The Labute approximate surface area is 66.7 Å². The Hall–Kier alpha value is -1.31. The number of nitrogens with zero attached hydrogens (tertiary/aromatic N) is 1. The number of hydrazone groups is 1. The molecular weight excluding hydrogens is 136 g/mol. The molecule has 0 atom stereocenters. The molecule has 58 valence electrons. The molecule has 0 bridgehead atoms. The third kappa shape index (κ3) is 1.80. The third-order valence-corrected chi connectivity index (χ3v) is 1.65. The molecule has 2 N–H and O–H groups in total. The molecule has 2 heteroatoms. The van der Waals surface area contributed by atoms with Gasteiger partial charge < -0.3 is 5.84 Å². The highest BCUT2D eigenvalue weighted by molar-refractivity contribution is 5.81. The van der Waals surface area contributed by atoms with Gasteiger partial charge in [-0.15, -0.1) is 0 Å². The SMILES string of the molecule is CCc1ccccc1C=NN. The quantitative estimate of drug-likeness (QED) is 0.385. The van der Waals surface area contributed by atoms with Crippen molar-refractivity contribution in [2.75, 3.05) is 0 Å². The van der Waals surface area contributed by atoms with Crippen LogP contribution in [0.25, 0.3) is 0 Å². The van der Waals surface area contributed by atoms with Crippen molar-refractivity contribution in [3.63, 3.8) is 0 Å². The number of aryl methyl sites for hydroxylation is 1. The van der Waals surface area contributed by atoms with Gasteiger partial charge in [0.05, 0.1) is 6.21 Å². The highest BCUT2D eigenvalue weighted by Crippen LogP contribution is 2.05. The zero-order chi connectivity index (χ0) is 8.10. The summed E-state index contributed by atoms with van der Waals surface area (Å²) in [6, 6.07) is 8.09. The molecule has 1 rings (SSSR count). The fourth-order valence-corrected chi connectivity index (χ4v) is 1.06. The Morgan fingerprint density at radius 1 is 1.45 bits per heavy atom. The van der Waals surface area contributed by atoms with Gasteiger partial charge in [0.15, 0.2) is 0 Å². The highest BCUT2D eigenvalue weighted by Gasteiger charge is 1.93. The lowest BCUT2D eigenvalue weighted by molar-refractivity contribution is 1.13. The molecule has 0 aliphatic carbocycles. The average Bonchev–Trinajstić information content (AvgIpc) is 2.06. The van der Waals surface area contributed by atoms with Gasteiger partial charge in [-0.25, -0.2) is 0 Å². The maximum atomic E-state index is 5.05. The van der Waals surface area contributed by atoms with Crippen LogP contribution in [0, 0.1) is 0 Å². The van der Waals surface area contributed by atoms with Crippen molar-refractivity contribution < 1.29 is 0 Å². The van der Waals surface area contributed by atoms with Gasteiger partial charge in [-0.3, -0.25) is 0 Å². The van der Waals surface area contributed by atoms with E-state index in [0.717, 1.165) is 12.0 Å². The van der Waals surface area contributed by atoms with Gasteiger partial charge in [-0.2, -0.15) is 5.10 Å². The van der Waals surface area contributed by atoms with E-state index in [1.807, 2.05) is 18.2 Å². The summed E-state index contributed by atoms with van der Waals surface area (Å²) in [5.74, 6) is 5.05. The van der Waals surface area contributed by atoms with E-state index in [-0.39, 0.29) is 0 Å². The second-order valence-corrected chi connectivity index (χ2v) is 2.33. The Balaban J connectivity index is 3.02. The van der Waals surface area contributed by atoms with E-state index in [1.165, 1.54) is 5.56 Å². The highest BCUT2D eigenvalue weighted by atomic mass is 15.1. The first-order valence-corrected chi connectivity index (χ1v) is 3.69. The van der Waals surface area contributed by atoms with Crippen LogP contribution in [0.3, 0.4) is 0 Å². The van der Waals surface area contributed by atoms with Crippen molar-refractivity contribution in [3.05, 3.63) is 35.4 Å². The summed E-state index contributed by atoms with van der Waals surface area (Å²) in [5.41, 5.74) is 2.39.